The van der Waals surface area contributed by atoms with E-state index >= 15 is 0 Å². The molecule has 1 fully saturated rings. The van der Waals surface area contributed by atoms with Crippen LogP contribution in [-0.4, -0.2) is 86.0 Å². The van der Waals surface area contributed by atoms with E-state index in [1.54, 1.807) is 12.0 Å². The predicted octanol–water partition coefficient (Wildman–Crippen LogP) is -0.816. The van der Waals surface area contributed by atoms with Gasteiger partial charge in [-0.25, -0.2) is 0 Å². The molecule has 0 bridgehead atoms. The van der Waals surface area contributed by atoms with Gasteiger partial charge >= 0.3 is 5.97 Å². The lowest BCUT2D eigenvalue weighted by molar-refractivity contribution is -0.151. The zero-order valence-corrected chi connectivity index (χ0v) is 11.4. The van der Waals surface area contributed by atoms with Crippen LogP contribution in [0.2, 0.25) is 0 Å². The second-order valence-electron chi connectivity index (χ2n) is 4.68. The monoisotopic (exact) mass is 277 g/mol. The highest BCUT2D eigenvalue weighted by Crippen LogP contribution is 2.08. The molecule has 1 aliphatic heterocycles. The predicted molar refractivity (Wildman–Crippen MR) is 67.1 cm³/mol. The zero-order chi connectivity index (χ0) is 14.3. The molecule has 19 heavy (non-hydrogen) atoms. The Hall–Kier alpha value is -0.730. The Morgan fingerprint density at radius 1 is 1.53 bits per heavy atom. The molecule has 0 amide bonds. The third-order valence-corrected chi connectivity index (χ3v) is 2.94. The van der Waals surface area contributed by atoms with Crippen LogP contribution in [0.4, 0.5) is 0 Å². The molecule has 3 atom stereocenters. The number of aliphatic carboxylic acids is 1. The standard InChI is InChI=1S/C12H23NO6/c1-9(6-17-2)19-7-10(14)5-13-3-4-18-8-11(13)12(15)16/h9-11,14H,3-8H2,1-2H3,(H,15,16). The summed E-state index contributed by atoms with van der Waals surface area (Å²) < 4.78 is 15.5. The average molecular weight is 277 g/mol. The molecule has 7 nitrogen and oxygen atoms in total. The van der Waals surface area contributed by atoms with Gasteiger partial charge in [-0.3, -0.25) is 9.69 Å². The average Bonchev–Trinajstić information content (AvgIpc) is 2.37. The van der Waals surface area contributed by atoms with Crippen LogP contribution >= 0.6 is 0 Å². The number of nitrogens with zero attached hydrogens (tertiary/aromatic N) is 1. The molecule has 0 aromatic carbocycles. The molecule has 0 saturated carbocycles. The minimum atomic E-state index is -0.930. The highest BCUT2D eigenvalue weighted by atomic mass is 16.5. The molecule has 112 valence electrons. The molecule has 3 unspecified atom stereocenters. The van der Waals surface area contributed by atoms with Crippen LogP contribution in [-0.2, 0) is 19.0 Å². The van der Waals surface area contributed by atoms with Crippen LogP contribution in [0.1, 0.15) is 6.92 Å². The normalized spacial score (nSPS) is 24.1. The van der Waals surface area contributed by atoms with Crippen LogP contribution in [0.5, 0.6) is 0 Å². The topological polar surface area (TPSA) is 88.5 Å². The number of morpholine rings is 1. The Morgan fingerprint density at radius 2 is 2.26 bits per heavy atom. The van der Waals surface area contributed by atoms with Gasteiger partial charge in [0.2, 0.25) is 0 Å². The number of carboxylic acid groups (broad SMARTS) is 1. The fourth-order valence-electron chi connectivity index (χ4n) is 1.97. The number of hydrogen-bond donors (Lipinski definition) is 2. The number of carbonyl (C=O) groups is 1. The molecular weight excluding hydrogens is 254 g/mol. The minimum absolute atomic E-state index is 0.0976. The summed E-state index contributed by atoms with van der Waals surface area (Å²) in [6.45, 7) is 3.88. The highest BCUT2D eigenvalue weighted by Gasteiger charge is 2.30. The summed E-state index contributed by atoms with van der Waals surface area (Å²) in [7, 11) is 1.58. The molecule has 0 radical (unpaired) electrons. The number of methoxy groups -OCH3 is 1. The summed E-state index contributed by atoms with van der Waals surface area (Å²) in [5, 5.41) is 18.9. The summed E-state index contributed by atoms with van der Waals surface area (Å²) >= 11 is 0. The molecule has 1 saturated heterocycles. The van der Waals surface area contributed by atoms with E-state index in [1.165, 1.54) is 0 Å². The van der Waals surface area contributed by atoms with E-state index in [9.17, 15) is 9.90 Å². The molecule has 1 heterocycles. The van der Waals surface area contributed by atoms with Crippen LogP contribution in [0, 0.1) is 0 Å². The molecule has 1 aliphatic rings. The Balaban J connectivity index is 2.33. The quantitative estimate of drug-likeness (QED) is 0.599. The van der Waals surface area contributed by atoms with Gasteiger partial charge in [-0.2, -0.15) is 0 Å². The molecule has 2 N–H and O–H groups in total. The first-order valence-corrected chi connectivity index (χ1v) is 6.37. The van der Waals surface area contributed by atoms with E-state index in [1.807, 2.05) is 6.92 Å². The molecule has 0 spiro atoms. The first kappa shape index (κ1) is 16.3. The Morgan fingerprint density at radius 3 is 2.89 bits per heavy atom. The Labute approximate surface area is 113 Å². The van der Waals surface area contributed by atoms with E-state index < -0.39 is 18.1 Å². The van der Waals surface area contributed by atoms with Gasteiger partial charge in [0.25, 0.3) is 0 Å². The number of carboxylic acids is 1. The summed E-state index contributed by atoms with van der Waals surface area (Å²) in [5.74, 6) is -0.930. The van der Waals surface area contributed by atoms with Crippen molar-refractivity contribution >= 4 is 5.97 Å². The van der Waals surface area contributed by atoms with Crippen molar-refractivity contribution in [1.82, 2.24) is 4.90 Å². The number of ether oxygens (including phenoxy) is 3. The summed E-state index contributed by atoms with van der Waals surface area (Å²) in [4.78, 5) is 12.8. The smallest absolute Gasteiger partial charge is 0.323 e. The van der Waals surface area contributed by atoms with E-state index in [0.717, 1.165) is 0 Å². The number of hydrogen-bond acceptors (Lipinski definition) is 6. The summed E-state index contributed by atoms with van der Waals surface area (Å²) in [6, 6.07) is -0.695. The SMILES string of the molecule is COCC(C)OCC(O)CN1CCOCC1C(=O)O. The van der Waals surface area contributed by atoms with E-state index in [4.69, 9.17) is 19.3 Å². The second-order valence-corrected chi connectivity index (χ2v) is 4.68. The lowest BCUT2D eigenvalue weighted by Gasteiger charge is -2.34. The second kappa shape index (κ2) is 8.44. The minimum Gasteiger partial charge on any atom is -0.480 e. The maximum absolute atomic E-state index is 11.0. The van der Waals surface area contributed by atoms with Crippen molar-refractivity contribution in [3.8, 4) is 0 Å². The van der Waals surface area contributed by atoms with Gasteiger partial charge in [0.15, 0.2) is 0 Å². The molecule has 0 aliphatic carbocycles. The first-order valence-electron chi connectivity index (χ1n) is 6.37. The molecule has 0 aromatic heterocycles. The van der Waals surface area contributed by atoms with Gasteiger partial charge in [0, 0.05) is 20.2 Å². The lowest BCUT2D eigenvalue weighted by Crippen LogP contribution is -2.52. The van der Waals surface area contributed by atoms with Crippen molar-refractivity contribution in [3.05, 3.63) is 0 Å². The van der Waals surface area contributed by atoms with Crippen LogP contribution in [0.3, 0.4) is 0 Å². The lowest BCUT2D eigenvalue weighted by atomic mass is 10.2. The van der Waals surface area contributed by atoms with Crippen LogP contribution < -0.4 is 0 Å². The third kappa shape index (κ3) is 5.84. The van der Waals surface area contributed by atoms with Crippen molar-refractivity contribution < 1.29 is 29.2 Å². The van der Waals surface area contributed by atoms with E-state index in [-0.39, 0.29) is 25.9 Å². The van der Waals surface area contributed by atoms with Crippen LogP contribution in [0.25, 0.3) is 0 Å². The fourth-order valence-corrected chi connectivity index (χ4v) is 1.97. The molecule has 0 aromatic rings. The number of rotatable bonds is 8. The van der Waals surface area contributed by atoms with Gasteiger partial charge in [-0.1, -0.05) is 0 Å². The van der Waals surface area contributed by atoms with Crippen molar-refractivity contribution in [2.24, 2.45) is 0 Å². The van der Waals surface area contributed by atoms with Gasteiger partial charge in [0.1, 0.15) is 6.04 Å². The number of aliphatic hydroxyl groups excluding tert-OH is 1. The number of β-amino-alcohol motifs (C(OH)–C–C–N with tert-alkyl or cyclic N) is 1. The maximum Gasteiger partial charge on any atom is 0.323 e. The van der Waals surface area contributed by atoms with Crippen LogP contribution in [0.15, 0.2) is 0 Å². The van der Waals surface area contributed by atoms with E-state index in [0.29, 0.717) is 19.8 Å². The largest absolute Gasteiger partial charge is 0.480 e. The molecule has 1 rings (SSSR count). The Kier molecular flexibility index (Phi) is 7.25. The van der Waals surface area contributed by atoms with Crippen molar-refractivity contribution in [2.75, 3.05) is 46.6 Å². The fraction of sp³-hybridized carbons (Fsp3) is 0.917. The van der Waals surface area contributed by atoms with Gasteiger partial charge in [-0.05, 0) is 6.92 Å². The maximum atomic E-state index is 11.0. The summed E-state index contributed by atoms with van der Waals surface area (Å²) in [6.07, 6.45) is -0.820. The molecule has 7 heteroatoms. The third-order valence-electron chi connectivity index (χ3n) is 2.94. The zero-order valence-electron chi connectivity index (χ0n) is 11.4. The highest BCUT2D eigenvalue weighted by molar-refractivity contribution is 5.73. The first-order chi connectivity index (χ1) is 9.04. The Bertz CT molecular complexity index is 275. The van der Waals surface area contributed by atoms with Crippen molar-refractivity contribution in [2.45, 2.75) is 25.2 Å². The molecular formula is C12H23NO6. The van der Waals surface area contributed by atoms with Gasteiger partial charge < -0.3 is 24.4 Å². The number of aliphatic hydroxyl groups is 1. The van der Waals surface area contributed by atoms with Crippen molar-refractivity contribution in [3.63, 3.8) is 0 Å². The van der Waals surface area contributed by atoms with E-state index in [2.05, 4.69) is 0 Å². The van der Waals surface area contributed by atoms with Gasteiger partial charge in [-0.15, -0.1) is 0 Å². The van der Waals surface area contributed by atoms with Gasteiger partial charge in [0.05, 0.1) is 38.6 Å². The summed E-state index contributed by atoms with van der Waals surface area (Å²) in [5.41, 5.74) is 0. The van der Waals surface area contributed by atoms with Crippen molar-refractivity contribution in [1.29, 1.82) is 0 Å².